The van der Waals surface area contributed by atoms with Crippen molar-refractivity contribution in [2.24, 2.45) is 5.10 Å². The molecule has 0 saturated heterocycles. The van der Waals surface area contributed by atoms with E-state index < -0.39 is 0 Å². The molecule has 1 aromatic heterocycles. The smallest absolute Gasteiger partial charge is 0.282 e. The lowest BCUT2D eigenvalue weighted by Crippen LogP contribution is -2.21. The molecule has 1 heterocycles. The largest absolute Gasteiger partial charge is 0.494 e. The minimum absolute atomic E-state index is 0.183. The second kappa shape index (κ2) is 15.2. The second-order valence-corrected chi connectivity index (χ2v) is 13.4. The van der Waals surface area contributed by atoms with E-state index in [9.17, 15) is 4.79 Å². The van der Waals surface area contributed by atoms with Crippen LogP contribution in [0.1, 0.15) is 55.9 Å². The van der Waals surface area contributed by atoms with Gasteiger partial charge in [0.25, 0.3) is 5.56 Å². The molecule has 0 bridgehead atoms. The molecule has 0 amide bonds. The number of halogens is 4. The standard InChI is InChI=1S/C36H33Br2Cl2N3O4/c1-6-45-30-14-21(5)26(17-25(30)20(3)4)35-42-29-11-9-8-10-24(29)36(44)43(35)41-18-23-16-31(46-7-2)34(33(38)32(23)37)47-19-22-12-13-27(39)28(40)15-22/h8-18,20H,6-7,19H2,1-5H3. The Bertz CT molecular complexity index is 2050. The summed E-state index contributed by atoms with van der Waals surface area (Å²) >= 11 is 19.6. The first-order valence-electron chi connectivity index (χ1n) is 15.1. The van der Waals surface area contributed by atoms with Gasteiger partial charge in [0.1, 0.15) is 12.4 Å². The molecular weight excluding hydrogens is 769 g/mol. The number of ether oxygens (including phenoxy) is 3. The lowest BCUT2D eigenvalue weighted by atomic mass is 9.96. The number of hydrogen-bond acceptors (Lipinski definition) is 6. The predicted molar refractivity (Wildman–Crippen MR) is 198 cm³/mol. The summed E-state index contributed by atoms with van der Waals surface area (Å²) in [7, 11) is 0. The first kappa shape index (κ1) is 35.0. The molecule has 4 aromatic carbocycles. The van der Waals surface area contributed by atoms with Crippen molar-refractivity contribution < 1.29 is 14.2 Å². The average molecular weight is 802 g/mol. The van der Waals surface area contributed by atoms with Gasteiger partial charge in [0, 0.05) is 15.6 Å². The summed E-state index contributed by atoms with van der Waals surface area (Å²) < 4.78 is 20.8. The van der Waals surface area contributed by atoms with Crippen molar-refractivity contribution in [1.29, 1.82) is 0 Å². The zero-order valence-electron chi connectivity index (χ0n) is 26.5. The van der Waals surface area contributed by atoms with Crippen LogP contribution in [0.15, 0.2) is 79.5 Å². The molecule has 0 N–H and O–H groups in total. The number of hydrogen-bond donors (Lipinski definition) is 0. The van der Waals surface area contributed by atoms with Crippen LogP contribution in [-0.4, -0.2) is 29.1 Å². The van der Waals surface area contributed by atoms with Crippen LogP contribution in [-0.2, 0) is 6.61 Å². The zero-order valence-corrected chi connectivity index (χ0v) is 31.2. The van der Waals surface area contributed by atoms with E-state index in [1.807, 2.05) is 63.2 Å². The van der Waals surface area contributed by atoms with Crippen molar-refractivity contribution in [2.45, 2.75) is 47.1 Å². The summed E-state index contributed by atoms with van der Waals surface area (Å²) in [4.78, 5) is 18.9. The third kappa shape index (κ3) is 7.54. The van der Waals surface area contributed by atoms with Gasteiger partial charge in [0.2, 0.25) is 0 Å². The number of rotatable bonds is 11. The fraction of sp³-hybridized carbons (Fsp3) is 0.250. The van der Waals surface area contributed by atoms with E-state index in [-0.39, 0.29) is 18.1 Å². The monoisotopic (exact) mass is 799 g/mol. The Morgan fingerprint density at radius 1 is 0.915 bits per heavy atom. The van der Waals surface area contributed by atoms with E-state index in [0.29, 0.717) is 66.0 Å². The van der Waals surface area contributed by atoms with Crippen LogP contribution >= 0.6 is 55.1 Å². The van der Waals surface area contributed by atoms with Crippen LogP contribution in [0.4, 0.5) is 0 Å². The molecule has 7 nitrogen and oxygen atoms in total. The van der Waals surface area contributed by atoms with Gasteiger partial charge in [-0.15, -0.1) is 0 Å². The molecule has 0 saturated carbocycles. The first-order chi connectivity index (χ1) is 22.5. The topological polar surface area (TPSA) is 74.9 Å². The molecule has 244 valence electrons. The van der Waals surface area contributed by atoms with Gasteiger partial charge in [-0.05, 0) is 118 Å². The van der Waals surface area contributed by atoms with Crippen molar-refractivity contribution >= 4 is 72.2 Å². The van der Waals surface area contributed by atoms with Crippen molar-refractivity contribution in [3.8, 4) is 28.6 Å². The predicted octanol–water partition coefficient (Wildman–Crippen LogP) is 10.6. The Kier molecular flexibility index (Phi) is 11.3. The molecule has 47 heavy (non-hydrogen) atoms. The molecular formula is C36H33Br2Cl2N3O4. The number of nitrogens with zero attached hydrogens (tertiary/aromatic N) is 3. The van der Waals surface area contributed by atoms with Crippen molar-refractivity contribution in [2.75, 3.05) is 13.2 Å². The molecule has 0 atom stereocenters. The van der Waals surface area contributed by atoms with Gasteiger partial charge < -0.3 is 14.2 Å². The Hall–Kier alpha value is -3.37. The third-order valence-electron chi connectivity index (χ3n) is 7.41. The molecule has 5 aromatic rings. The van der Waals surface area contributed by atoms with Crippen LogP contribution in [0.25, 0.3) is 22.3 Å². The van der Waals surface area contributed by atoms with Crippen molar-refractivity contribution in [1.82, 2.24) is 9.66 Å². The van der Waals surface area contributed by atoms with Gasteiger partial charge in [-0.1, -0.05) is 55.2 Å². The third-order valence-corrected chi connectivity index (χ3v) is 10.3. The number of benzene rings is 4. The highest BCUT2D eigenvalue weighted by Crippen LogP contribution is 2.43. The molecule has 0 aliphatic carbocycles. The minimum atomic E-state index is -0.289. The summed E-state index contributed by atoms with van der Waals surface area (Å²) in [5.74, 6) is 2.42. The Labute approximate surface area is 300 Å². The average Bonchev–Trinajstić information content (AvgIpc) is 3.04. The van der Waals surface area contributed by atoms with Gasteiger partial charge in [-0.25, -0.2) is 4.98 Å². The van der Waals surface area contributed by atoms with Gasteiger partial charge >= 0.3 is 0 Å². The van der Waals surface area contributed by atoms with E-state index in [4.69, 9.17) is 47.5 Å². The molecule has 0 radical (unpaired) electrons. The number of para-hydroxylation sites is 1. The maximum Gasteiger partial charge on any atom is 0.282 e. The van der Waals surface area contributed by atoms with Crippen LogP contribution in [0, 0.1) is 6.92 Å². The SMILES string of the molecule is CCOc1cc(C)c(-c2nc3ccccc3c(=O)n2N=Cc2cc(OCC)c(OCc3ccc(Cl)c(Cl)c3)c(Br)c2Br)cc1C(C)C. The summed E-state index contributed by atoms with van der Waals surface area (Å²) in [6, 6.07) is 18.5. The van der Waals surface area contributed by atoms with Crippen LogP contribution in [0.5, 0.6) is 17.2 Å². The Balaban J connectivity index is 1.62. The van der Waals surface area contributed by atoms with E-state index in [1.54, 1.807) is 24.4 Å². The summed E-state index contributed by atoms with van der Waals surface area (Å²) in [5, 5.41) is 6.11. The number of fused-ring (bicyclic) bond motifs is 1. The van der Waals surface area contributed by atoms with Gasteiger partial charge in [0.05, 0.1) is 44.8 Å². The lowest BCUT2D eigenvalue weighted by Gasteiger charge is -2.18. The molecule has 0 aliphatic heterocycles. The Morgan fingerprint density at radius 2 is 1.64 bits per heavy atom. The second-order valence-electron chi connectivity index (χ2n) is 11.0. The normalized spacial score (nSPS) is 11.5. The highest BCUT2D eigenvalue weighted by Gasteiger charge is 2.20. The number of aryl methyl sites for hydroxylation is 1. The van der Waals surface area contributed by atoms with Crippen LogP contribution < -0.4 is 19.8 Å². The quantitative estimate of drug-likeness (QED) is 0.124. The van der Waals surface area contributed by atoms with Gasteiger partial charge in [-0.3, -0.25) is 4.79 Å². The fourth-order valence-corrected chi connectivity index (χ4v) is 6.33. The maximum absolute atomic E-state index is 14.0. The van der Waals surface area contributed by atoms with E-state index in [1.165, 1.54) is 4.68 Å². The molecule has 0 spiro atoms. The van der Waals surface area contributed by atoms with Crippen LogP contribution in [0.2, 0.25) is 10.0 Å². The first-order valence-corrected chi connectivity index (χ1v) is 17.4. The highest BCUT2D eigenvalue weighted by atomic mass is 79.9. The lowest BCUT2D eigenvalue weighted by molar-refractivity contribution is 0.267. The van der Waals surface area contributed by atoms with E-state index in [2.05, 4.69) is 45.7 Å². The highest BCUT2D eigenvalue weighted by molar-refractivity contribution is 9.13. The zero-order chi connectivity index (χ0) is 33.8. The summed E-state index contributed by atoms with van der Waals surface area (Å²) in [6.45, 7) is 11.2. The molecule has 5 rings (SSSR count). The van der Waals surface area contributed by atoms with E-state index in [0.717, 1.165) is 28.0 Å². The molecule has 0 fully saturated rings. The molecule has 0 unspecified atom stereocenters. The molecule has 0 aliphatic rings. The minimum Gasteiger partial charge on any atom is -0.494 e. The fourth-order valence-electron chi connectivity index (χ4n) is 5.08. The number of aromatic nitrogens is 2. The summed E-state index contributed by atoms with van der Waals surface area (Å²) in [5.41, 5.74) is 4.52. The van der Waals surface area contributed by atoms with Gasteiger partial charge in [0.15, 0.2) is 17.3 Å². The maximum atomic E-state index is 14.0. The van der Waals surface area contributed by atoms with Crippen LogP contribution in [0.3, 0.4) is 0 Å². The van der Waals surface area contributed by atoms with Crippen molar-refractivity contribution in [3.05, 3.63) is 112 Å². The molecule has 11 heteroatoms. The van der Waals surface area contributed by atoms with Gasteiger partial charge in [-0.2, -0.15) is 9.78 Å². The Morgan fingerprint density at radius 3 is 2.34 bits per heavy atom. The van der Waals surface area contributed by atoms with E-state index >= 15 is 0 Å². The summed E-state index contributed by atoms with van der Waals surface area (Å²) in [6.07, 6.45) is 1.61. The van der Waals surface area contributed by atoms with Crippen molar-refractivity contribution in [3.63, 3.8) is 0 Å².